The van der Waals surface area contributed by atoms with Gasteiger partial charge in [0.15, 0.2) is 0 Å². The van der Waals surface area contributed by atoms with Gasteiger partial charge < -0.3 is 4.90 Å². The van der Waals surface area contributed by atoms with Gasteiger partial charge in [-0.1, -0.05) is 25.1 Å². The van der Waals surface area contributed by atoms with E-state index in [4.69, 9.17) is 0 Å². The molecule has 2 heterocycles. The maximum atomic E-state index is 12.3. The number of para-hydroxylation sites is 1. The SMILES string of the molecule is CC1CCN(CCn2nnn(-c3ccccc3)c2=O)CC1. The van der Waals surface area contributed by atoms with E-state index in [-0.39, 0.29) is 5.69 Å². The van der Waals surface area contributed by atoms with Crippen LogP contribution in [0.15, 0.2) is 35.1 Å². The van der Waals surface area contributed by atoms with Gasteiger partial charge in [0.05, 0.1) is 12.2 Å². The number of nitrogens with zero attached hydrogens (tertiary/aromatic N) is 5. The van der Waals surface area contributed by atoms with Crippen LogP contribution in [0.25, 0.3) is 5.69 Å². The molecule has 112 valence electrons. The van der Waals surface area contributed by atoms with Crippen LogP contribution in [0.1, 0.15) is 19.8 Å². The van der Waals surface area contributed by atoms with Crippen molar-refractivity contribution >= 4 is 0 Å². The molecule has 1 fully saturated rings. The number of likely N-dealkylation sites (tertiary alicyclic amines) is 1. The van der Waals surface area contributed by atoms with Gasteiger partial charge in [0.1, 0.15) is 0 Å². The lowest BCUT2D eigenvalue weighted by Gasteiger charge is -2.29. The fourth-order valence-corrected chi connectivity index (χ4v) is 2.67. The fourth-order valence-electron chi connectivity index (χ4n) is 2.67. The third kappa shape index (κ3) is 3.21. The second kappa shape index (κ2) is 6.22. The molecule has 1 aliphatic rings. The van der Waals surface area contributed by atoms with Crippen molar-refractivity contribution < 1.29 is 0 Å². The van der Waals surface area contributed by atoms with E-state index in [1.54, 1.807) is 0 Å². The second-order valence-corrected chi connectivity index (χ2v) is 5.76. The average Bonchev–Trinajstić information content (AvgIpc) is 2.89. The highest BCUT2D eigenvalue weighted by molar-refractivity contribution is 5.28. The van der Waals surface area contributed by atoms with Gasteiger partial charge in [-0.15, -0.1) is 0 Å². The lowest BCUT2D eigenvalue weighted by Crippen LogP contribution is -2.37. The van der Waals surface area contributed by atoms with Crippen molar-refractivity contribution in [2.24, 2.45) is 5.92 Å². The molecule has 0 unspecified atom stereocenters. The summed E-state index contributed by atoms with van der Waals surface area (Å²) in [7, 11) is 0. The smallest absolute Gasteiger partial charge is 0.301 e. The standard InChI is InChI=1S/C15H21N5O/c1-13-7-9-18(10-8-13)11-12-19-15(21)20(17-16-19)14-5-3-2-4-6-14/h2-6,13H,7-12H2,1H3. The molecule has 0 aliphatic carbocycles. The van der Waals surface area contributed by atoms with Crippen molar-refractivity contribution in [3.8, 4) is 5.69 Å². The van der Waals surface area contributed by atoms with Gasteiger partial charge in [0, 0.05) is 6.54 Å². The van der Waals surface area contributed by atoms with Crippen LogP contribution in [0.4, 0.5) is 0 Å². The van der Waals surface area contributed by atoms with Crippen molar-refractivity contribution in [1.29, 1.82) is 0 Å². The first-order valence-corrected chi connectivity index (χ1v) is 7.54. The van der Waals surface area contributed by atoms with Crippen LogP contribution in [0, 0.1) is 5.92 Å². The van der Waals surface area contributed by atoms with E-state index in [9.17, 15) is 4.79 Å². The molecule has 1 aromatic carbocycles. The molecule has 1 aliphatic heterocycles. The molecule has 0 radical (unpaired) electrons. The number of rotatable bonds is 4. The summed E-state index contributed by atoms with van der Waals surface area (Å²) >= 11 is 0. The van der Waals surface area contributed by atoms with Crippen LogP contribution < -0.4 is 5.69 Å². The predicted molar refractivity (Wildman–Crippen MR) is 80.5 cm³/mol. The Bertz CT molecular complexity index is 625. The van der Waals surface area contributed by atoms with Gasteiger partial charge in [-0.2, -0.15) is 9.36 Å². The first-order valence-electron chi connectivity index (χ1n) is 7.54. The van der Waals surface area contributed by atoms with Crippen LogP contribution in [0.2, 0.25) is 0 Å². The van der Waals surface area contributed by atoms with E-state index in [1.807, 2.05) is 30.3 Å². The topological polar surface area (TPSA) is 56.0 Å². The lowest BCUT2D eigenvalue weighted by molar-refractivity contribution is 0.183. The molecular formula is C15H21N5O. The van der Waals surface area contributed by atoms with Crippen LogP contribution in [-0.4, -0.2) is 44.3 Å². The Morgan fingerprint density at radius 2 is 1.81 bits per heavy atom. The Hall–Kier alpha value is -1.95. The van der Waals surface area contributed by atoms with Crippen molar-refractivity contribution in [3.05, 3.63) is 40.8 Å². The largest absolute Gasteiger partial charge is 0.368 e. The van der Waals surface area contributed by atoms with Gasteiger partial charge in [-0.3, -0.25) is 0 Å². The molecule has 1 aromatic heterocycles. The molecule has 6 heteroatoms. The van der Waals surface area contributed by atoms with E-state index in [2.05, 4.69) is 22.3 Å². The summed E-state index contributed by atoms with van der Waals surface area (Å²) in [6, 6.07) is 9.39. The molecule has 2 aromatic rings. The first-order chi connectivity index (χ1) is 10.2. The van der Waals surface area contributed by atoms with Gasteiger partial charge >= 0.3 is 5.69 Å². The second-order valence-electron chi connectivity index (χ2n) is 5.76. The molecule has 6 nitrogen and oxygen atoms in total. The molecule has 0 atom stereocenters. The zero-order valence-electron chi connectivity index (χ0n) is 12.4. The minimum atomic E-state index is -0.174. The molecule has 0 saturated carbocycles. The molecule has 3 rings (SSSR count). The van der Waals surface area contributed by atoms with Crippen LogP contribution in [0.3, 0.4) is 0 Å². The summed E-state index contributed by atoms with van der Waals surface area (Å²) in [6.45, 7) is 5.99. The minimum Gasteiger partial charge on any atom is -0.301 e. The van der Waals surface area contributed by atoms with Gasteiger partial charge in [-0.25, -0.2) is 4.79 Å². The van der Waals surface area contributed by atoms with Gasteiger partial charge in [0.25, 0.3) is 0 Å². The number of hydrogen-bond donors (Lipinski definition) is 0. The Labute approximate surface area is 124 Å². The van der Waals surface area contributed by atoms with E-state index in [1.165, 1.54) is 22.2 Å². The molecule has 0 N–H and O–H groups in total. The highest BCUT2D eigenvalue weighted by atomic mass is 16.2. The van der Waals surface area contributed by atoms with Crippen molar-refractivity contribution in [1.82, 2.24) is 24.7 Å². The zero-order valence-corrected chi connectivity index (χ0v) is 12.4. The van der Waals surface area contributed by atoms with Crippen LogP contribution in [-0.2, 0) is 6.54 Å². The summed E-state index contributed by atoms with van der Waals surface area (Å²) in [5, 5.41) is 7.94. The van der Waals surface area contributed by atoms with Gasteiger partial charge in [-0.05, 0) is 54.4 Å². The number of hydrogen-bond acceptors (Lipinski definition) is 4. The predicted octanol–water partition coefficient (Wildman–Crippen LogP) is 1.16. The highest BCUT2D eigenvalue weighted by Gasteiger charge is 2.16. The molecule has 0 spiro atoms. The summed E-state index contributed by atoms with van der Waals surface area (Å²) in [6.07, 6.45) is 2.48. The van der Waals surface area contributed by atoms with Crippen molar-refractivity contribution in [2.75, 3.05) is 19.6 Å². The molecule has 21 heavy (non-hydrogen) atoms. The summed E-state index contributed by atoms with van der Waals surface area (Å²) in [5.74, 6) is 0.822. The number of piperidine rings is 1. The van der Waals surface area contributed by atoms with Crippen molar-refractivity contribution in [2.45, 2.75) is 26.3 Å². The lowest BCUT2D eigenvalue weighted by atomic mass is 9.99. The van der Waals surface area contributed by atoms with Crippen LogP contribution in [0.5, 0.6) is 0 Å². The molecular weight excluding hydrogens is 266 g/mol. The highest BCUT2D eigenvalue weighted by Crippen LogP contribution is 2.15. The van der Waals surface area contributed by atoms with Gasteiger partial charge in [0.2, 0.25) is 0 Å². The fraction of sp³-hybridized carbons (Fsp3) is 0.533. The third-order valence-corrected chi connectivity index (χ3v) is 4.14. The molecule has 0 bridgehead atoms. The minimum absolute atomic E-state index is 0.174. The monoisotopic (exact) mass is 287 g/mol. The number of aromatic nitrogens is 4. The Balaban J connectivity index is 1.65. The maximum absolute atomic E-state index is 12.3. The number of benzene rings is 1. The van der Waals surface area contributed by atoms with E-state index < -0.39 is 0 Å². The van der Waals surface area contributed by atoms with E-state index in [0.29, 0.717) is 6.54 Å². The third-order valence-electron chi connectivity index (χ3n) is 4.14. The van der Waals surface area contributed by atoms with Crippen LogP contribution >= 0.6 is 0 Å². The molecule has 0 amide bonds. The summed E-state index contributed by atoms with van der Waals surface area (Å²) in [4.78, 5) is 14.7. The summed E-state index contributed by atoms with van der Waals surface area (Å²) < 4.78 is 2.79. The Kier molecular flexibility index (Phi) is 4.15. The first kappa shape index (κ1) is 14.0. The Morgan fingerprint density at radius 3 is 2.52 bits per heavy atom. The Morgan fingerprint density at radius 1 is 1.10 bits per heavy atom. The average molecular weight is 287 g/mol. The maximum Gasteiger partial charge on any atom is 0.368 e. The number of tetrazole rings is 1. The molecule has 1 saturated heterocycles. The zero-order chi connectivity index (χ0) is 14.7. The summed E-state index contributed by atoms with van der Waals surface area (Å²) in [5.41, 5.74) is 0.576. The normalized spacial score (nSPS) is 17.2. The van der Waals surface area contributed by atoms with Crippen molar-refractivity contribution in [3.63, 3.8) is 0 Å². The van der Waals surface area contributed by atoms with E-state index >= 15 is 0 Å². The van der Waals surface area contributed by atoms with E-state index in [0.717, 1.165) is 31.2 Å². The quantitative estimate of drug-likeness (QED) is 0.847.